The largest absolute Gasteiger partial charge is 0.457 e. The van der Waals surface area contributed by atoms with Crippen LogP contribution in [0.2, 0.25) is 0 Å². The molecule has 0 unspecified atom stereocenters. The minimum Gasteiger partial charge on any atom is -0.457 e. The number of hydrogen-bond donors (Lipinski definition) is 1. The summed E-state index contributed by atoms with van der Waals surface area (Å²) in [6, 6.07) is 15.3. The molecule has 16 heavy (non-hydrogen) atoms. The molecule has 0 radical (unpaired) electrons. The lowest BCUT2D eigenvalue weighted by atomic mass is 10.2. The van der Waals surface area contributed by atoms with Crippen LogP contribution in [-0.4, -0.2) is 5.11 Å². The average molecular weight is 326 g/mol. The molecule has 0 aliphatic heterocycles. The van der Waals surface area contributed by atoms with Crippen LogP contribution in [0.4, 0.5) is 0 Å². The summed E-state index contributed by atoms with van der Waals surface area (Å²) in [4.78, 5) is 0. The molecule has 1 N–H and O–H groups in total. The van der Waals surface area contributed by atoms with Gasteiger partial charge < -0.3 is 9.84 Å². The second-order valence-electron chi connectivity index (χ2n) is 3.33. The lowest BCUT2D eigenvalue weighted by Gasteiger charge is -2.09. The van der Waals surface area contributed by atoms with Gasteiger partial charge in [0.15, 0.2) is 0 Å². The van der Waals surface area contributed by atoms with Gasteiger partial charge in [-0.05, 0) is 46.9 Å². The smallest absolute Gasteiger partial charge is 0.132 e. The summed E-state index contributed by atoms with van der Waals surface area (Å²) < 4.78 is 6.84. The Hall–Kier alpha value is -1.07. The van der Waals surface area contributed by atoms with Crippen LogP contribution in [0.3, 0.4) is 0 Å². The molecule has 0 bridgehead atoms. The quantitative estimate of drug-likeness (QED) is 0.874. The van der Waals surface area contributed by atoms with Crippen LogP contribution < -0.4 is 4.74 Å². The van der Waals surface area contributed by atoms with E-state index in [4.69, 9.17) is 9.84 Å². The Bertz CT molecular complexity index is 483. The monoisotopic (exact) mass is 326 g/mol. The van der Waals surface area contributed by atoms with Crippen LogP contribution in [0.5, 0.6) is 11.5 Å². The van der Waals surface area contributed by atoms with Gasteiger partial charge in [0.2, 0.25) is 0 Å². The van der Waals surface area contributed by atoms with Crippen LogP contribution in [0.1, 0.15) is 5.56 Å². The topological polar surface area (TPSA) is 29.5 Å². The Morgan fingerprint density at radius 2 is 1.88 bits per heavy atom. The second-order valence-corrected chi connectivity index (χ2v) is 4.57. The van der Waals surface area contributed by atoms with Gasteiger partial charge in [-0.3, -0.25) is 0 Å². The second kappa shape index (κ2) is 5.32. The molecular weight excluding hydrogens is 315 g/mol. The predicted octanol–water partition coefficient (Wildman–Crippen LogP) is 3.58. The van der Waals surface area contributed by atoms with Gasteiger partial charge in [0.1, 0.15) is 11.5 Å². The highest BCUT2D eigenvalue weighted by atomic mass is 127. The van der Waals surface area contributed by atoms with E-state index in [0.29, 0.717) is 5.75 Å². The van der Waals surface area contributed by atoms with Crippen molar-refractivity contribution in [2.45, 2.75) is 6.61 Å². The molecule has 0 aliphatic rings. The van der Waals surface area contributed by atoms with E-state index >= 15 is 0 Å². The number of aliphatic hydroxyl groups excluding tert-OH is 1. The summed E-state index contributed by atoms with van der Waals surface area (Å²) in [5.41, 5.74) is 0.793. The third kappa shape index (κ3) is 2.74. The molecule has 2 aromatic carbocycles. The average Bonchev–Trinajstić information content (AvgIpc) is 2.30. The molecule has 2 nitrogen and oxygen atoms in total. The molecule has 0 saturated carbocycles. The Morgan fingerprint density at radius 3 is 2.62 bits per heavy atom. The van der Waals surface area contributed by atoms with Crippen molar-refractivity contribution in [1.29, 1.82) is 0 Å². The van der Waals surface area contributed by atoms with E-state index in [1.54, 1.807) is 0 Å². The van der Waals surface area contributed by atoms with Gasteiger partial charge in [-0.15, -0.1) is 0 Å². The maximum atomic E-state index is 9.17. The highest BCUT2D eigenvalue weighted by molar-refractivity contribution is 14.1. The zero-order valence-corrected chi connectivity index (χ0v) is 10.7. The van der Waals surface area contributed by atoms with Gasteiger partial charge in [0, 0.05) is 9.13 Å². The minimum absolute atomic E-state index is 0.0138. The van der Waals surface area contributed by atoms with Crippen molar-refractivity contribution < 1.29 is 9.84 Å². The number of ether oxygens (including phenoxy) is 1. The third-order valence-electron chi connectivity index (χ3n) is 2.17. The molecule has 0 heterocycles. The van der Waals surface area contributed by atoms with Crippen molar-refractivity contribution in [2.75, 3.05) is 0 Å². The number of rotatable bonds is 3. The van der Waals surface area contributed by atoms with Crippen molar-refractivity contribution in [2.24, 2.45) is 0 Å². The standard InChI is InChI=1S/C13H11IO2/c14-11-5-3-6-12(8-11)16-13-7-2-1-4-10(13)9-15/h1-8,15H,9H2. The lowest BCUT2D eigenvalue weighted by Crippen LogP contribution is -1.91. The molecule has 0 aromatic heterocycles. The molecule has 0 atom stereocenters. The van der Waals surface area contributed by atoms with Crippen molar-refractivity contribution in [3.8, 4) is 11.5 Å². The maximum Gasteiger partial charge on any atom is 0.132 e. The van der Waals surface area contributed by atoms with Gasteiger partial charge in [0.05, 0.1) is 6.61 Å². The van der Waals surface area contributed by atoms with Crippen molar-refractivity contribution >= 4 is 22.6 Å². The normalized spacial score (nSPS) is 10.1. The van der Waals surface area contributed by atoms with E-state index in [9.17, 15) is 0 Å². The molecule has 0 saturated heterocycles. The molecule has 0 spiro atoms. The van der Waals surface area contributed by atoms with Gasteiger partial charge in [-0.1, -0.05) is 24.3 Å². The summed E-state index contributed by atoms with van der Waals surface area (Å²) in [5.74, 6) is 1.49. The number of aliphatic hydroxyl groups is 1. The van der Waals surface area contributed by atoms with Crippen molar-refractivity contribution in [3.63, 3.8) is 0 Å². The Balaban J connectivity index is 2.26. The summed E-state index contributed by atoms with van der Waals surface area (Å²) >= 11 is 2.24. The summed E-state index contributed by atoms with van der Waals surface area (Å²) in [6.07, 6.45) is 0. The van der Waals surface area contributed by atoms with Crippen molar-refractivity contribution in [1.82, 2.24) is 0 Å². The summed E-state index contributed by atoms with van der Waals surface area (Å²) in [7, 11) is 0. The number of halogens is 1. The maximum absolute atomic E-state index is 9.17. The van der Waals surface area contributed by atoms with Gasteiger partial charge in [-0.25, -0.2) is 0 Å². The third-order valence-corrected chi connectivity index (χ3v) is 2.84. The van der Waals surface area contributed by atoms with Crippen LogP contribution in [0.25, 0.3) is 0 Å². The van der Waals surface area contributed by atoms with E-state index in [1.807, 2.05) is 48.5 Å². The molecule has 3 heteroatoms. The first kappa shape index (κ1) is 11.4. The van der Waals surface area contributed by atoms with E-state index in [0.717, 1.165) is 14.9 Å². The first-order chi connectivity index (χ1) is 7.79. The molecule has 0 aliphatic carbocycles. The van der Waals surface area contributed by atoms with Crippen LogP contribution >= 0.6 is 22.6 Å². The van der Waals surface area contributed by atoms with Crippen LogP contribution in [0, 0.1) is 3.57 Å². The molecule has 2 aromatic rings. The highest BCUT2D eigenvalue weighted by Gasteiger charge is 2.03. The molecule has 82 valence electrons. The minimum atomic E-state index is -0.0138. The SMILES string of the molecule is OCc1ccccc1Oc1cccc(I)c1. The van der Waals surface area contributed by atoms with E-state index in [-0.39, 0.29) is 6.61 Å². The number of benzene rings is 2. The van der Waals surface area contributed by atoms with Gasteiger partial charge in [-0.2, -0.15) is 0 Å². The first-order valence-electron chi connectivity index (χ1n) is 4.92. The summed E-state index contributed by atoms with van der Waals surface area (Å²) in [6.45, 7) is -0.0138. The van der Waals surface area contributed by atoms with Gasteiger partial charge in [0.25, 0.3) is 0 Å². The molecule has 2 rings (SSSR count). The molecule has 0 amide bonds. The fourth-order valence-corrected chi connectivity index (χ4v) is 1.91. The lowest BCUT2D eigenvalue weighted by molar-refractivity contribution is 0.276. The number of para-hydroxylation sites is 1. The highest BCUT2D eigenvalue weighted by Crippen LogP contribution is 2.26. The van der Waals surface area contributed by atoms with Crippen molar-refractivity contribution in [3.05, 3.63) is 57.7 Å². The molecular formula is C13H11IO2. The Morgan fingerprint density at radius 1 is 1.06 bits per heavy atom. The predicted molar refractivity (Wildman–Crippen MR) is 71.6 cm³/mol. The van der Waals surface area contributed by atoms with E-state index in [1.165, 1.54) is 0 Å². The fraction of sp³-hybridized carbons (Fsp3) is 0.0769. The van der Waals surface area contributed by atoms with Crippen LogP contribution in [-0.2, 0) is 6.61 Å². The zero-order valence-electron chi connectivity index (χ0n) is 8.56. The van der Waals surface area contributed by atoms with Crippen LogP contribution in [0.15, 0.2) is 48.5 Å². The number of hydrogen-bond acceptors (Lipinski definition) is 2. The Labute approximate surface area is 108 Å². The first-order valence-corrected chi connectivity index (χ1v) is 5.99. The molecule has 0 fully saturated rings. The summed E-state index contributed by atoms with van der Waals surface area (Å²) in [5, 5.41) is 9.17. The zero-order chi connectivity index (χ0) is 11.4. The van der Waals surface area contributed by atoms with E-state index < -0.39 is 0 Å². The fourth-order valence-electron chi connectivity index (χ4n) is 1.39. The Kier molecular flexibility index (Phi) is 3.79. The van der Waals surface area contributed by atoms with E-state index in [2.05, 4.69) is 22.6 Å². The van der Waals surface area contributed by atoms with Gasteiger partial charge >= 0.3 is 0 Å².